The summed E-state index contributed by atoms with van der Waals surface area (Å²) >= 11 is 0. The Morgan fingerprint density at radius 1 is 1.12 bits per heavy atom. The fourth-order valence-electron chi connectivity index (χ4n) is 7.85. The first-order valence-corrected chi connectivity index (χ1v) is 17.6. The largest absolute Gasteiger partial charge is 0.509 e. The Morgan fingerprint density at radius 2 is 1.78 bits per heavy atom. The topological polar surface area (TPSA) is 161 Å². The van der Waals surface area contributed by atoms with Crippen molar-refractivity contribution in [2.45, 2.75) is 142 Å². The second kappa shape index (κ2) is 17.2. The molecule has 286 valence electrons. The molecule has 0 bridgehead atoms. The standard InChI is InChI=1S/C36H60N2O12/c1-14-16-44-37-27-19(3)18-35(9,43-13)30(48-33-29(46-24(8)39)25(38(11)12)17-20(4)45-33)22(6)28(40)23(7)32(41)47-26(15-2)36(10)31(21(27)5)49-34(42)50-36/h14,19-23,25-26,28-31,33,40H,1,15-18H2,2-13H3/b37-27+/t19-,20-,21+,22+,23-,25+,26-,28+,29-,30-,31-,33+,35-,36-/m1/s1. The lowest BCUT2D eigenvalue weighted by atomic mass is 9.73. The number of rotatable bonds is 9. The predicted octanol–water partition coefficient (Wildman–Crippen LogP) is 4.26. The Morgan fingerprint density at radius 3 is 2.34 bits per heavy atom. The molecule has 0 aromatic rings. The third-order valence-electron chi connectivity index (χ3n) is 10.7. The van der Waals surface area contributed by atoms with Crippen molar-refractivity contribution in [1.29, 1.82) is 0 Å². The minimum absolute atomic E-state index is 0.131. The molecule has 0 spiro atoms. The van der Waals surface area contributed by atoms with Gasteiger partial charge in [-0.05, 0) is 61.1 Å². The van der Waals surface area contributed by atoms with Gasteiger partial charge in [0.25, 0.3) is 0 Å². The highest BCUT2D eigenvalue weighted by Crippen LogP contribution is 2.42. The molecule has 3 heterocycles. The summed E-state index contributed by atoms with van der Waals surface area (Å²) in [4.78, 5) is 46.4. The van der Waals surface area contributed by atoms with E-state index in [1.807, 2.05) is 53.6 Å². The molecule has 3 aliphatic heterocycles. The highest BCUT2D eigenvalue weighted by Gasteiger charge is 2.59. The number of carbonyl (C=O) groups is 3. The third kappa shape index (κ3) is 8.98. The molecule has 0 saturated carbocycles. The highest BCUT2D eigenvalue weighted by molar-refractivity contribution is 5.89. The molecule has 14 nitrogen and oxygen atoms in total. The van der Waals surface area contributed by atoms with Crippen LogP contribution < -0.4 is 0 Å². The van der Waals surface area contributed by atoms with Gasteiger partial charge in [-0.15, -0.1) is 0 Å². The summed E-state index contributed by atoms with van der Waals surface area (Å²) in [6.45, 7) is 19.6. The van der Waals surface area contributed by atoms with E-state index in [-0.39, 0.29) is 31.1 Å². The van der Waals surface area contributed by atoms with Crippen LogP contribution >= 0.6 is 0 Å². The van der Waals surface area contributed by atoms with Gasteiger partial charge in [0.05, 0.1) is 41.6 Å². The van der Waals surface area contributed by atoms with Gasteiger partial charge in [0.1, 0.15) is 12.7 Å². The van der Waals surface area contributed by atoms with E-state index in [1.165, 1.54) is 6.92 Å². The van der Waals surface area contributed by atoms with Crippen LogP contribution in [0.1, 0.15) is 81.6 Å². The first-order chi connectivity index (χ1) is 23.3. The summed E-state index contributed by atoms with van der Waals surface area (Å²) in [6.07, 6.45) is -4.29. The summed E-state index contributed by atoms with van der Waals surface area (Å²) in [5.74, 6) is -3.91. The number of oxime groups is 1. The van der Waals surface area contributed by atoms with Crippen molar-refractivity contribution >= 4 is 23.8 Å². The average Bonchev–Trinajstić information content (AvgIpc) is 3.37. The molecular formula is C36H60N2O12. The summed E-state index contributed by atoms with van der Waals surface area (Å²) in [6, 6.07) is -0.230. The number of cyclic esters (lactones) is 1. The Balaban J connectivity index is 2.21. The molecular weight excluding hydrogens is 652 g/mol. The fraction of sp³-hybridized carbons (Fsp3) is 0.833. The maximum atomic E-state index is 13.8. The number of nitrogens with zero attached hydrogens (tertiary/aromatic N) is 2. The molecule has 0 aromatic heterocycles. The SMILES string of the molecule is C=CCO/N=C1\[C@H](C)C[C@@](C)(OC)[C@H](O[C@@H]2O[C@H](C)C[C@H](N(C)C)[C@H]2OC(C)=O)[C@@H](C)[C@H](O)[C@@H](C)C(=O)O[C@H](CC)[C@@]2(C)OC(=O)O[C@@H]2[C@H]1C. The number of likely N-dealkylation sites (N-methyl/N-ethyl adjacent to an activating group) is 1. The molecule has 3 rings (SSSR count). The second-order valence-corrected chi connectivity index (χ2v) is 14.8. The molecule has 0 radical (unpaired) electrons. The minimum atomic E-state index is -1.37. The molecule has 1 N–H and O–H groups in total. The van der Waals surface area contributed by atoms with Crippen LogP contribution in [-0.2, 0) is 47.6 Å². The van der Waals surface area contributed by atoms with Crippen LogP contribution in [0.15, 0.2) is 17.8 Å². The van der Waals surface area contributed by atoms with Crippen molar-refractivity contribution in [3.63, 3.8) is 0 Å². The van der Waals surface area contributed by atoms with Gasteiger partial charge in [0, 0.05) is 31.8 Å². The van der Waals surface area contributed by atoms with Crippen LogP contribution in [0.25, 0.3) is 0 Å². The second-order valence-electron chi connectivity index (χ2n) is 14.8. The zero-order valence-corrected chi connectivity index (χ0v) is 31.9. The Hall–Kier alpha value is -2.78. The number of methoxy groups -OCH3 is 1. The van der Waals surface area contributed by atoms with Crippen molar-refractivity contribution < 1.29 is 57.5 Å². The molecule has 0 amide bonds. The third-order valence-corrected chi connectivity index (χ3v) is 10.7. The first-order valence-electron chi connectivity index (χ1n) is 17.6. The molecule has 0 unspecified atom stereocenters. The quantitative estimate of drug-likeness (QED) is 0.119. The number of esters is 2. The van der Waals surface area contributed by atoms with Gasteiger partial charge in [0.15, 0.2) is 24.1 Å². The normalized spacial score (nSPS) is 42.5. The van der Waals surface area contributed by atoms with Crippen LogP contribution in [0.5, 0.6) is 0 Å². The molecule has 3 aliphatic rings. The highest BCUT2D eigenvalue weighted by atomic mass is 16.8. The van der Waals surface area contributed by atoms with E-state index in [0.717, 1.165) is 0 Å². The van der Waals surface area contributed by atoms with Gasteiger partial charge < -0.3 is 48.0 Å². The van der Waals surface area contributed by atoms with Crippen molar-refractivity contribution in [1.82, 2.24) is 4.90 Å². The van der Waals surface area contributed by atoms with Crippen molar-refractivity contribution in [2.24, 2.45) is 28.8 Å². The van der Waals surface area contributed by atoms with Crippen LogP contribution in [0.4, 0.5) is 4.79 Å². The summed E-state index contributed by atoms with van der Waals surface area (Å²) in [5.41, 5.74) is -2.00. The predicted molar refractivity (Wildman–Crippen MR) is 183 cm³/mol. The summed E-state index contributed by atoms with van der Waals surface area (Å²) < 4.78 is 42.8. The summed E-state index contributed by atoms with van der Waals surface area (Å²) in [7, 11) is 5.34. The molecule has 14 heteroatoms. The van der Waals surface area contributed by atoms with Crippen molar-refractivity contribution in [3.8, 4) is 0 Å². The van der Waals surface area contributed by atoms with Crippen LogP contribution in [-0.4, -0.2) is 122 Å². The van der Waals surface area contributed by atoms with Crippen LogP contribution in [0.2, 0.25) is 0 Å². The van der Waals surface area contributed by atoms with E-state index < -0.39 is 83.9 Å². The van der Waals surface area contributed by atoms with Gasteiger partial charge in [0.2, 0.25) is 0 Å². The Kier molecular flexibility index (Phi) is 14.3. The molecule has 50 heavy (non-hydrogen) atoms. The lowest BCUT2D eigenvalue weighted by Crippen LogP contribution is -2.61. The smallest absolute Gasteiger partial charge is 0.458 e. The van der Waals surface area contributed by atoms with Gasteiger partial charge >= 0.3 is 18.1 Å². The Labute approximate surface area is 297 Å². The molecule has 3 saturated heterocycles. The van der Waals surface area contributed by atoms with Gasteiger partial charge in [-0.25, -0.2) is 4.79 Å². The number of hydrogen-bond donors (Lipinski definition) is 1. The summed E-state index contributed by atoms with van der Waals surface area (Å²) in [5, 5.41) is 16.4. The van der Waals surface area contributed by atoms with Gasteiger partial charge in [-0.2, -0.15) is 0 Å². The number of fused-ring (bicyclic) bond motifs is 1. The van der Waals surface area contributed by atoms with Crippen LogP contribution in [0, 0.1) is 23.7 Å². The fourth-order valence-corrected chi connectivity index (χ4v) is 7.85. The Bertz CT molecular complexity index is 1230. The van der Waals surface area contributed by atoms with E-state index in [0.29, 0.717) is 18.6 Å². The number of aliphatic hydroxyl groups excluding tert-OH is 1. The number of hydrogen-bond acceptors (Lipinski definition) is 14. The van der Waals surface area contributed by atoms with E-state index in [9.17, 15) is 19.5 Å². The lowest BCUT2D eigenvalue weighted by Gasteiger charge is -2.48. The van der Waals surface area contributed by atoms with Crippen LogP contribution in [0.3, 0.4) is 0 Å². The van der Waals surface area contributed by atoms with Crippen molar-refractivity contribution in [2.75, 3.05) is 27.8 Å². The number of ether oxygens (including phenoxy) is 7. The molecule has 14 atom stereocenters. The van der Waals surface area contributed by atoms with E-state index in [1.54, 1.807) is 34.0 Å². The number of aliphatic hydroxyl groups is 1. The minimum Gasteiger partial charge on any atom is -0.458 e. The first kappa shape index (κ1) is 41.6. The average molecular weight is 713 g/mol. The number of carbonyl (C=O) groups excluding carboxylic acids is 3. The van der Waals surface area contributed by atoms with Gasteiger partial charge in [-0.3, -0.25) is 9.59 Å². The maximum absolute atomic E-state index is 13.8. The molecule has 0 aliphatic carbocycles. The molecule has 0 aromatic carbocycles. The van der Waals surface area contributed by atoms with E-state index in [4.69, 9.17) is 38.0 Å². The van der Waals surface area contributed by atoms with E-state index >= 15 is 0 Å². The van der Waals surface area contributed by atoms with Crippen molar-refractivity contribution in [3.05, 3.63) is 12.7 Å². The zero-order valence-electron chi connectivity index (χ0n) is 31.9. The van der Waals surface area contributed by atoms with Gasteiger partial charge in [-0.1, -0.05) is 45.5 Å². The lowest BCUT2D eigenvalue weighted by molar-refractivity contribution is -0.303. The zero-order chi connectivity index (χ0) is 37.7. The monoisotopic (exact) mass is 712 g/mol. The van der Waals surface area contributed by atoms with E-state index in [2.05, 4.69) is 11.7 Å². The molecule has 3 fully saturated rings. The maximum Gasteiger partial charge on any atom is 0.509 e.